The Morgan fingerprint density at radius 2 is 2.12 bits per heavy atom. The van der Waals surface area contributed by atoms with Crippen molar-refractivity contribution in [2.75, 3.05) is 6.54 Å². The van der Waals surface area contributed by atoms with E-state index < -0.39 is 0 Å². The van der Waals surface area contributed by atoms with E-state index in [0.29, 0.717) is 11.1 Å². The van der Waals surface area contributed by atoms with Gasteiger partial charge in [0, 0.05) is 12.6 Å². The van der Waals surface area contributed by atoms with E-state index in [-0.39, 0.29) is 5.60 Å². The van der Waals surface area contributed by atoms with Gasteiger partial charge < -0.3 is 10.1 Å². The molecule has 2 nitrogen and oxygen atoms in total. The van der Waals surface area contributed by atoms with E-state index in [1.165, 1.54) is 5.56 Å². The quantitative estimate of drug-likeness (QED) is 0.867. The Balaban J connectivity index is 2.02. The maximum atomic E-state index is 6.15. The summed E-state index contributed by atoms with van der Waals surface area (Å²) in [7, 11) is 0. The van der Waals surface area contributed by atoms with E-state index in [2.05, 4.69) is 26.1 Å². The summed E-state index contributed by atoms with van der Waals surface area (Å²) < 4.78 is 6.08. The first-order valence-electron chi connectivity index (χ1n) is 6.19. The predicted molar refractivity (Wildman–Crippen MR) is 71.9 cm³/mol. The van der Waals surface area contributed by atoms with Crippen molar-refractivity contribution < 1.29 is 4.74 Å². The molecule has 1 aromatic carbocycles. The average molecular weight is 254 g/mol. The summed E-state index contributed by atoms with van der Waals surface area (Å²) in [6, 6.07) is 6.40. The topological polar surface area (TPSA) is 21.3 Å². The van der Waals surface area contributed by atoms with Gasteiger partial charge in [0.15, 0.2) is 0 Å². The Labute approximate surface area is 108 Å². The summed E-state index contributed by atoms with van der Waals surface area (Å²) >= 11 is 6.15. The molecule has 0 heterocycles. The van der Waals surface area contributed by atoms with E-state index in [1.54, 1.807) is 0 Å². The van der Waals surface area contributed by atoms with Gasteiger partial charge in [0.2, 0.25) is 0 Å². The number of hydrogen-bond acceptors (Lipinski definition) is 2. The van der Waals surface area contributed by atoms with Crippen molar-refractivity contribution in [3.8, 4) is 5.75 Å². The molecular weight excluding hydrogens is 234 g/mol. The molecule has 94 valence electrons. The van der Waals surface area contributed by atoms with Crippen LogP contribution in [0.25, 0.3) is 0 Å². The molecule has 0 aromatic heterocycles. The maximum absolute atomic E-state index is 6.15. The highest BCUT2D eigenvalue weighted by atomic mass is 35.5. The molecule has 0 aliphatic heterocycles. The van der Waals surface area contributed by atoms with Crippen LogP contribution in [-0.4, -0.2) is 18.2 Å². The summed E-state index contributed by atoms with van der Waals surface area (Å²) in [6.45, 7) is 7.25. The fraction of sp³-hybridized carbons (Fsp3) is 0.571. The number of rotatable bonds is 5. The zero-order chi connectivity index (χ0) is 12.5. The highest BCUT2D eigenvalue weighted by Gasteiger charge is 2.45. The summed E-state index contributed by atoms with van der Waals surface area (Å²) in [5.74, 6) is 0.815. The van der Waals surface area contributed by atoms with Gasteiger partial charge in [-0.25, -0.2) is 0 Å². The van der Waals surface area contributed by atoms with Crippen molar-refractivity contribution >= 4 is 11.6 Å². The van der Waals surface area contributed by atoms with Crippen molar-refractivity contribution in [3.63, 3.8) is 0 Å². The van der Waals surface area contributed by atoms with Gasteiger partial charge in [0.25, 0.3) is 0 Å². The zero-order valence-electron chi connectivity index (χ0n) is 10.7. The Hall–Kier alpha value is -0.730. The number of benzene rings is 1. The lowest BCUT2D eigenvalue weighted by atomic mass is 10.2. The second-order valence-electron chi connectivity index (χ2n) is 5.25. The number of aryl methyl sites for hydroxylation is 1. The van der Waals surface area contributed by atoms with Gasteiger partial charge in [-0.1, -0.05) is 31.5 Å². The standard InChI is InChI=1S/C14H20ClNO/c1-10(2)16-9-14(6-7-14)17-13-8-11(3)4-5-12(13)15/h4-5,8,10,16H,6-7,9H2,1-3H3. The van der Waals surface area contributed by atoms with Crippen LogP contribution in [0.4, 0.5) is 0 Å². The third kappa shape index (κ3) is 3.36. The minimum absolute atomic E-state index is 0.0261. The molecule has 0 radical (unpaired) electrons. The smallest absolute Gasteiger partial charge is 0.139 e. The minimum Gasteiger partial charge on any atom is -0.484 e. The lowest BCUT2D eigenvalue weighted by Crippen LogP contribution is -2.37. The summed E-state index contributed by atoms with van der Waals surface area (Å²) in [5.41, 5.74) is 1.15. The highest BCUT2D eigenvalue weighted by molar-refractivity contribution is 6.32. The zero-order valence-corrected chi connectivity index (χ0v) is 11.5. The molecule has 3 heteroatoms. The molecule has 0 spiro atoms. The van der Waals surface area contributed by atoms with Crippen molar-refractivity contribution in [3.05, 3.63) is 28.8 Å². The number of nitrogens with one attached hydrogen (secondary N) is 1. The molecule has 1 saturated carbocycles. The molecule has 0 atom stereocenters. The van der Waals surface area contributed by atoms with Crippen molar-refractivity contribution in [2.45, 2.75) is 45.3 Å². The van der Waals surface area contributed by atoms with E-state index in [1.807, 2.05) is 18.2 Å². The third-order valence-electron chi connectivity index (χ3n) is 3.05. The molecule has 0 saturated heterocycles. The third-order valence-corrected chi connectivity index (χ3v) is 3.37. The highest BCUT2D eigenvalue weighted by Crippen LogP contribution is 2.41. The molecule has 17 heavy (non-hydrogen) atoms. The lowest BCUT2D eigenvalue weighted by Gasteiger charge is -2.21. The SMILES string of the molecule is Cc1ccc(Cl)c(OC2(CNC(C)C)CC2)c1. The van der Waals surface area contributed by atoms with Gasteiger partial charge in [0.1, 0.15) is 11.4 Å². The Morgan fingerprint density at radius 3 is 2.71 bits per heavy atom. The number of ether oxygens (including phenoxy) is 1. The van der Waals surface area contributed by atoms with Crippen molar-refractivity contribution in [1.29, 1.82) is 0 Å². The van der Waals surface area contributed by atoms with Crippen LogP contribution in [0.15, 0.2) is 18.2 Å². The molecule has 0 bridgehead atoms. The van der Waals surface area contributed by atoms with Crippen molar-refractivity contribution in [2.24, 2.45) is 0 Å². The number of halogens is 1. The minimum atomic E-state index is -0.0261. The molecule has 1 aromatic rings. The Bertz CT molecular complexity index is 399. The van der Waals surface area contributed by atoms with Crippen LogP contribution >= 0.6 is 11.6 Å². The van der Waals surface area contributed by atoms with Crippen LogP contribution in [0.2, 0.25) is 5.02 Å². The normalized spacial score (nSPS) is 17.2. The van der Waals surface area contributed by atoms with Crippen LogP contribution in [0.1, 0.15) is 32.3 Å². The van der Waals surface area contributed by atoms with E-state index >= 15 is 0 Å². The van der Waals surface area contributed by atoms with Gasteiger partial charge in [-0.05, 0) is 37.5 Å². The summed E-state index contributed by atoms with van der Waals surface area (Å²) in [6.07, 6.45) is 2.22. The molecule has 1 N–H and O–H groups in total. The molecule has 1 aliphatic carbocycles. The first-order chi connectivity index (χ1) is 8.01. The first-order valence-corrected chi connectivity index (χ1v) is 6.57. The summed E-state index contributed by atoms with van der Waals surface area (Å²) in [4.78, 5) is 0. The average Bonchev–Trinajstić information content (AvgIpc) is 3.02. The number of hydrogen-bond donors (Lipinski definition) is 1. The molecule has 1 aliphatic rings. The van der Waals surface area contributed by atoms with E-state index in [4.69, 9.17) is 16.3 Å². The molecule has 1 fully saturated rings. The predicted octanol–water partition coefficient (Wildman–Crippen LogP) is 3.56. The van der Waals surface area contributed by atoms with Gasteiger partial charge in [-0.2, -0.15) is 0 Å². The van der Waals surface area contributed by atoms with Gasteiger partial charge >= 0.3 is 0 Å². The van der Waals surface area contributed by atoms with Crippen LogP contribution < -0.4 is 10.1 Å². The molecule has 0 unspecified atom stereocenters. The summed E-state index contributed by atoms with van der Waals surface area (Å²) in [5, 5.41) is 4.13. The van der Waals surface area contributed by atoms with Crippen LogP contribution in [0.3, 0.4) is 0 Å². The Kier molecular flexibility index (Phi) is 3.64. The van der Waals surface area contributed by atoms with Crippen LogP contribution in [0, 0.1) is 6.92 Å². The second kappa shape index (κ2) is 4.87. The fourth-order valence-corrected chi connectivity index (χ4v) is 1.92. The van der Waals surface area contributed by atoms with Crippen LogP contribution in [-0.2, 0) is 0 Å². The van der Waals surface area contributed by atoms with Gasteiger partial charge in [0.05, 0.1) is 5.02 Å². The largest absolute Gasteiger partial charge is 0.484 e. The maximum Gasteiger partial charge on any atom is 0.139 e. The van der Waals surface area contributed by atoms with Gasteiger partial charge in [-0.15, -0.1) is 0 Å². The van der Waals surface area contributed by atoms with Crippen LogP contribution in [0.5, 0.6) is 5.75 Å². The molecule has 0 amide bonds. The van der Waals surface area contributed by atoms with E-state index in [0.717, 1.165) is 25.1 Å². The lowest BCUT2D eigenvalue weighted by molar-refractivity contribution is 0.172. The van der Waals surface area contributed by atoms with E-state index in [9.17, 15) is 0 Å². The molecule has 2 rings (SSSR count). The Morgan fingerprint density at radius 1 is 1.41 bits per heavy atom. The first kappa shape index (κ1) is 12.7. The molecular formula is C14H20ClNO. The van der Waals surface area contributed by atoms with Crippen molar-refractivity contribution in [1.82, 2.24) is 5.32 Å². The monoisotopic (exact) mass is 253 g/mol. The fourth-order valence-electron chi connectivity index (χ4n) is 1.77. The van der Waals surface area contributed by atoms with Gasteiger partial charge in [-0.3, -0.25) is 0 Å². The second-order valence-corrected chi connectivity index (χ2v) is 5.66.